The average Bonchev–Trinajstić information content (AvgIpc) is 2.44. The lowest BCUT2D eigenvalue weighted by molar-refractivity contribution is -0.0295. The maximum atomic E-state index is 12.1. The van der Waals surface area contributed by atoms with Crippen molar-refractivity contribution in [3.63, 3.8) is 0 Å². The fourth-order valence-electron chi connectivity index (χ4n) is 2.52. The van der Waals surface area contributed by atoms with Gasteiger partial charge in [0.25, 0.3) is 5.91 Å². The molecule has 1 saturated heterocycles. The molecule has 0 aliphatic carbocycles. The smallest absolute Gasteiger partial charge is 0.251 e. The number of rotatable bonds is 5. The second kappa shape index (κ2) is 7.78. The molecule has 0 saturated carbocycles. The number of benzene rings is 1. The van der Waals surface area contributed by atoms with E-state index < -0.39 is 0 Å². The Bertz CT molecular complexity index is 479. The Balaban J connectivity index is 1.81. The van der Waals surface area contributed by atoms with E-state index in [4.69, 9.17) is 16.3 Å². The molecule has 5 heteroatoms. The molecule has 1 aliphatic rings. The summed E-state index contributed by atoms with van der Waals surface area (Å²) in [6, 6.07) is 6.96. The molecule has 21 heavy (non-hydrogen) atoms. The zero-order chi connectivity index (χ0) is 15.2. The maximum absolute atomic E-state index is 12.1. The Kier molecular flexibility index (Phi) is 6.03. The molecular formula is C16H23ClN2O2. The van der Waals surface area contributed by atoms with E-state index in [-0.39, 0.29) is 12.0 Å². The van der Waals surface area contributed by atoms with E-state index in [9.17, 15) is 4.79 Å². The fraction of sp³-hybridized carbons (Fsp3) is 0.562. The number of nitrogens with zero attached hydrogens (tertiary/aromatic N) is 1. The SMILES string of the molecule is CC(C)CN1CCOC(CNC(=O)c2cccc(Cl)c2)C1. The fourth-order valence-corrected chi connectivity index (χ4v) is 2.71. The number of morpholine rings is 1. The highest BCUT2D eigenvalue weighted by Crippen LogP contribution is 2.11. The lowest BCUT2D eigenvalue weighted by atomic mass is 10.1. The van der Waals surface area contributed by atoms with Crippen molar-refractivity contribution in [2.45, 2.75) is 20.0 Å². The number of hydrogen-bond donors (Lipinski definition) is 1. The highest BCUT2D eigenvalue weighted by molar-refractivity contribution is 6.30. The van der Waals surface area contributed by atoms with Crippen molar-refractivity contribution in [3.05, 3.63) is 34.9 Å². The van der Waals surface area contributed by atoms with Crippen LogP contribution < -0.4 is 5.32 Å². The minimum Gasteiger partial charge on any atom is -0.374 e. The van der Waals surface area contributed by atoms with Gasteiger partial charge in [0.1, 0.15) is 0 Å². The minimum absolute atomic E-state index is 0.0561. The highest BCUT2D eigenvalue weighted by atomic mass is 35.5. The lowest BCUT2D eigenvalue weighted by Gasteiger charge is -2.33. The second-order valence-corrected chi connectivity index (χ2v) is 6.30. The molecule has 0 radical (unpaired) electrons. The summed E-state index contributed by atoms with van der Waals surface area (Å²) in [5.74, 6) is 0.534. The molecule has 0 spiro atoms. The average molecular weight is 311 g/mol. The Labute approximate surface area is 131 Å². The van der Waals surface area contributed by atoms with E-state index in [2.05, 4.69) is 24.1 Å². The molecule has 0 aromatic heterocycles. The van der Waals surface area contributed by atoms with Gasteiger partial charge in [-0.1, -0.05) is 31.5 Å². The van der Waals surface area contributed by atoms with Crippen molar-refractivity contribution < 1.29 is 9.53 Å². The van der Waals surface area contributed by atoms with Crippen LogP contribution in [0.4, 0.5) is 0 Å². The van der Waals surface area contributed by atoms with E-state index in [1.54, 1.807) is 24.3 Å². The van der Waals surface area contributed by atoms with Gasteiger partial charge >= 0.3 is 0 Å². The molecule has 1 N–H and O–H groups in total. The summed E-state index contributed by atoms with van der Waals surface area (Å²) in [4.78, 5) is 14.5. The Morgan fingerprint density at radius 2 is 2.33 bits per heavy atom. The summed E-state index contributed by atoms with van der Waals surface area (Å²) in [7, 11) is 0. The van der Waals surface area contributed by atoms with Gasteiger partial charge < -0.3 is 10.1 Å². The van der Waals surface area contributed by atoms with E-state index in [1.165, 1.54) is 0 Å². The Morgan fingerprint density at radius 1 is 1.52 bits per heavy atom. The van der Waals surface area contributed by atoms with Crippen LogP contribution in [0.15, 0.2) is 24.3 Å². The first-order valence-corrected chi connectivity index (χ1v) is 7.80. The van der Waals surface area contributed by atoms with Gasteiger partial charge in [-0.05, 0) is 24.1 Å². The maximum Gasteiger partial charge on any atom is 0.251 e. The molecule has 1 atom stereocenters. The van der Waals surface area contributed by atoms with Crippen LogP contribution in [0.1, 0.15) is 24.2 Å². The van der Waals surface area contributed by atoms with Gasteiger partial charge in [0.2, 0.25) is 0 Å². The van der Waals surface area contributed by atoms with Crippen LogP contribution >= 0.6 is 11.6 Å². The minimum atomic E-state index is -0.109. The zero-order valence-electron chi connectivity index (χ0n) is 12.6. The van der Waals surface area contributed by atoms with E-state index in [0.717, 1.165) is 26.2 Å². The molecule has 0 bridgehead atoms. The van der Waals surface area contributed by atoms with Crippen LogP contribution in [0.2, 0.25) is 5.02 Å². The summed E-state index contributed by atoms with van der Waals surface area (Å²) in [5, 5.41) is 3.49. The van der Waals surface area contributed by atoms with Crippen LogP contribution in [0.3, 0.4) is 0 Å². The van der Waals surface area contributed by atoms with Gasteiger partial charge in [0, 0.05) is 36.8 Å². The summed E-state index contributed by atoms with van der Waals surface area (Å²) in [6.07, 6.45) is 0.0561. The summed E-state index contributed by atoms with van der Waals surface area (Å²) < 4.78 is 5.72. The van der Waals surface area contributed by atoms with Crippen molar-refractivity contribution in [2.24, 2.45) is 5.92 Å². The van der Waals surface area contributed by atoms with Crippen molar-refractivity contribution in [1.82, 2.24) is 10.2 Å². The summed E-state index contributed by atoms with van der Waals surface area (Å²) >= 11 is 5.89. The predicted molar refractivity (Wildman–Crippen MR) is 84.8 cm³/mol. The quantitative estimate of drug-likeness (QED) is 0.908. The first kappa shape index (κ1) is 16.3. The van der Waals surface area contributed by atoms with Gasteiger partial charge in [0.05, 0.1) is 12.7 Å². The van der Waals surface area contributed by atoms with Gasteiger partial charge in [-0.25, -0.2) is 0 Å². The van der Waals surface area contributed by atoms with Crippen molar-refractivity contribution in [3.8, 4) is 0 Å². The first-order chi connectivity index (χ1) is 10.0. The monoisotopic (exact) mass is 310 g/mol. The predicted octanol–water partition coefficient (Wildman–Crippen LogP) is 2.43. The van der Waals surface area contributed by atoms with Gasteiger partial charge in [-0.15, -0.1) is 0 Å². The van der Waals surface area contributed by atoms with Crippen LogP contribution in [-0.4, -0.2) is 49.7 Å². The number of hydrogen-bond acceptors (Lipinski definition) is 3. The number of carbonyl (C=O) groups excluding carboxylic acids is 1. The molecule has 1 unspecified atom stereocenters. The summed E-state index contributed by atoms with van der Waals surface area (Å²) in [5.41, 5.74) is 0.581. The largest absolute Gasteiger partial charge is 0.374 e. The number of amides is 1. The van der Waals surface area contributed by atoms with Gasteiger partial charge in [-0.3, -0.25) is 9.69 Å². The zero-order valence-corrected chi connectivity index (χ0v) is 13.4. The molecule has 1 aliphatic heterocycles. The van der Waals surface area contributed by atoms with Crippen molar-refractivity contribution in [2.75, 3.05) is 32.8 Å². The molecule has 1 amide bonds. The molecule has 4 nitrogen and oxygen atoms in total. The highest BCUT2D eigenvalue weighted by Gasteiger charge is 2.21. The van der Waals surface area contributed by atoms with E-state index in [1.807, 2.05) is 0 Å². The van der Waals surface area contributed by atoms with Crippen LogP contribution in [0.5, 0.6) is 0 Å². The third-order valence-corrected chi connectivity index (χ3v) is 3.66. The number of nitrogens with one attached hydrogen (secondary N) is 1. The third-order valence-electron chi connectivity index (χ3n) is 3.42. The van der Waals surface area contributed by atoms with Crippen molar-refractivity contribution >= 4 is 17.5 Å². The number of carbonyl (C=O) groups is 1. The van der Waals surface area contributed by atoms with Crippen LogP contribution in [0.25, 0.3) is 0 Å². The topological polar surface area (TPSA) is 41.6 Å². The summed E-state index contributed by atoms with van der Waals surface area (Å²) in [6.45, 7) is 8.59. The Morgan fingerprint density at radius 3 is 3.05 bits per heavy atom. The van der Waals surface area contributed by atoms with Gasteiger partial charge in [0.15, 0.2) is 0 Å². The molecule has 2 rings (SSSR count). The molecule has 1 aromatic carbocycles. The first-order valence-electron chi connectivity index (χ1n) is 7.42. The van der Waals surface area contributed by atoms with Gasteiger partial charge in [-0.2, -0.15) is 0 Å². The molecule has 1 fully saturated rings. The number of halogens is 1. The van der Waals surface area contributed by atoms with E-state index >= 15 is 0 Å². The normalized spacial score (nSPS) is 19.7. The molecule has 1 heterocycles. The van der Waals surface area contributed by atoms with Crippen LogP contribution in [-0.2, 0) is 4.74 Å². The molecule has 1 aromatic rings. The van der Waals surface area contributed by atoms with E-state index in [0.29, 0.717) is 23.0 Å². The van der Waals surface area contributed by atoms with Crippen molar-refractivity contribution in [1.29, 1.82) is 0 Å². The second-order valence-electron chi connectivity index (χ2n) is 5.87. The van der Waals surface area contributed by atoms with Crippen LogP contribution in [0, 0.1) is 5.92 Å². The standard InChI is InChI=1S/C16H23ClN2O2/c1-12(2)10-19-6-7-21-15(11-19)9-18-16(20)13-4-3-5-14(17)8-13/h3-5,8,12,15H,6-7,9-11H2,1-2H3,(H,18,20). The third kappa shape index (κ3) is 5.30. The Hall–Kier alpha value is -1.10. The molecular weight excluding hydrogens is 288 g/mol. The number of ether oxygens (including phenoxy) is 1. The molecule has 116 valence electrons. The lowest BCUT2D eigenvalue weighted by Crippen LogP contribution is -2.48.